The molecule has 2 saturated heterocycles. The van der Waals surface area contributed by atoms with Gasteiger partial charge in [-0.25, -0.2) is 0 Å². The molecule has 4 rings (SSSR count). The van der Waals surface area contributed by atoms with Crippen molar-refractivity contribution in [2.75, 3.05) is 32.8 Å². The van der Waals surface area contributed by atoms with Crippen molar-refractivity contribution >= 4 is 34.9 Å². The van der Waals surface area contributed by atoms with Crippen molar-refractivity contribution in [2.24, 2.45) is 0 Å². The monoisotopic (exact) mass is 431 g/mol. The Kier molecular flexibility index (Phi) is 6.34. The first-order valence-electron chi connectivity index (χ1n) is 10.7. The minimum Gasteiger partial charge on any atom is -0.378 e. The second-order valence-corrected chi connectivity index (χ2v) is 9.24. The third kappa shape index (κ3) is 4.21. The van der Waals surface area contributed by atoms with Crippen LogP contribution in [-0.2, 0) is 14.3 Å². The van der Waals surface area contributed by atoms with E-state index in [1.54, 1.807) is 4.90 Å². The van der Waals surface area contributed by atoms with Crippen molar-refractivity contribution in [3.8, 4) is 0 Å². The molecule has 0 radical (unpaired) electrons. The Bertz CT molecular complexity index is 879. The molecule has 1 aromatic heterocycles. The highest BCUT2D eigenvalue weighted by Crippen LogP contribution is 2.36. The molecule has 30 heavy (non-hydrogen) atoms. The number of imide groups is 1. The zero-order chi connectivity index (χ0) is 21.3. The van der Waals surface area contributed by atoms with Gasteiger partial charge in [-0.3, -0.25) is 19.3 Å². The summed E-state index contributed by atoms with van der Waals surface area (Å²) in [6.07, 6.45) is 8.01. The van der Waals surface area contributed by atoms with Gasteiger partial charge in [0.25, 0.3) is 11.1 Å². The molecule has 1 saturated carbocycles. The van der Waals surface area contributed by atoms with Gasteiger partial charge in [0.2, 0.25) is 5.91 Å². The molecule has 0 spiro atoms. The van der Waals surface area contributed by atoms with Gasteiger partial charge < -0.3 is 14.2 Å². The van der Waals surface area contributed by atoms with E-state index in [4.69, 9.17) is 4.74 Å². The van der Waals surface area contributed by atoms with E-state index in [1.165, 1.54) is 37.8 Å². The van der Waals surface area contributed by atoms with Gasteiger partial charge in [0.1, 0.15) is 6.54 Å². The zero-order valence-electron chi connectivity index (χ0n) is 17.7. The Morgan fingerprint density at radius 1 is 1.17 bits per heavy atom. The number of nitrogens with zero attached hydrogens (tertiary/aromatic N) is 3. The number of aromatic nitrogens is 1. The number of hydrogen-bond donors (Lipinski definition) is 0. The molecule has 2 aliphatic heterocycles. The summed E-state index contributed by atoms with van der Waals surface area (Å²) in [7, 11) is 0. The number of thioether (sulfide) groups is 1. The van der Waals surface area contributed by atoms with E-state index >= 15 is 0 Å². The van der Waals surface area contributed by atoms with Crippen molar-refractivity contribution in [1.82, 2.24) is 14.4 Å². The summed E-state index contributed by atoms with van der Waals surface area (Å²) < 4.78 is 7.64. The summed E-state index contributed by atoms with van der Waals surface area (Å²) in [4.78, 5) is 40.9. The highest BCUT2D eigenvalue weighted by atomic mass is 32.2. The number of aryl methyl sites for hydroxylation is 1. The van der Waals surface area contributed by atoms with Gasteiger partial charge in [-0.15, -0.1) is 0 Å². The average Bonchev–Trinajstić information content (AvgIpc) is 3.18. The summed E-state index contributed by atoms with van der Waals surface area (Å²) in [5.74, 6) is -0.591. The summed E-state index contributed by atoms with van der Waals surface area (Å²) >= 11 is 0.919. The number of morpholine rings is 1. The van der Waals surface area contributed by atoms with Crippen molar-refractivity contribution in [3.63, 3.8) is 0 Å². The third-order valence-corrected chi connectivity index (χ3v) is 7.19. The lowest BCUT2D eigenvalue weighted by atomic mass is 9.95. The lowest BCUT2D eigenvalue weighted by Crippen LogP contribution is -2.46. The molecule has 162 valence electrons. The maximum atomic E-state index is 12.9. The molecule has 0 unspecified atom stereocenters. The average molecular weight is 432 g/mol. The van der Waals surface area contributed by atoms with Crippen LogP contribution >= 0.6 is 11.8 Å². The number of amides is 3. The molecule has 3 heterocycles. The Labute approximate surface area is 181 Å². The number of hydrogen-bond acceptors (Lipinski definition) is 5. The largest absolute Gasteiger partial charge is 0.378 e. The summed E-state index contributed by atoms with van der Waals surface area (Å²) in [6.45, 7) is 5.96. The van der Waals surface area contributed by atoms with Crippen LogP contribution in [-0.4, -0.2) is 64.3 Å². The van der Waals surface area contributed by atoms with Gasteiger partial charge in [-0.1, -0.05) is 19.3 Å². The van der Waals surface area contributed by atoms with Gasteiger partial charge in [0.05, 0.1) is 18.1 Å². The second-order valence-electron chi connectivity index (χ2n) is 8.25. The molecular formula is C22H29N3O4S. The molecule has 0 atom stereocenters. The fourth-order valence-electron chi connectivity index (χ4n) is 4.68. The van der Waals surface area contributed by atoms with Crippen LogP contribution in [0, 0.1) is 13.8 Å². The van der Waals surface area contributed by atoms with Crippen molar-refractivity contribution < 1.29 is 19.1 Å². The van der Waals surface area contributed by atoms with E-state index in [0.717, 1.165) is 27.9 Å². The Hall–Kier alpha value is -2.06. The molecule has 3 fully saturated rings. The van der Waals surface area contributed by atoms with Crippen molar-refractivity contribution in [1.29, 1.82) is 0 Å². The summed E-state index contributed by atoms with van der Waals surface area (Å²) in [5, 5.41) is -0.381. The van der Waals surface area contributed by atoms with E-state index in [9.17, 15) is 14.4 Å². The van der Waals surface area contributed by atoms with Crippen LogP contribution in [0.2, 0.25) is 0 Å². The lowest BCUT2D eigenvalue weighted by Gasteiger charge is -2.28. The molecule has 0 N–H and O–H groups in total. The number of carbonyl (C=O) groups excluding carboxylic acids is 3. The molecular weight excluding hydrogens is 402 g/mol. The number of ether oxygens (including phenoxy) is 1. The topological polar surface area (TPSA) is 71.9 Å². The molecule has 3 amide bonds. The van der Waals surface area contributed by atoms with Crippen LogP contribution in [0.3, 0.4) is 0 Å². The Balaban J connectivity index is 1.50. The first-order valence-corrected chi connectivity index (χ1v) is 11.6. The van der Waals surface area contributed by atoms with E-state index in [2.05, 4.69) is 24.5 Å². The highest BCUT2D eigenvalue weighted by molar-refractivity contribution is 8.18. The van der Waals surface area contributed by atoms with Crippen LogP contribution in [0.4, 0.5) is 4.79 Å². The van der Waals surface area contributed by atoms with Crippen molar-refractivity contribution in [2.45, 2.75) is 52.0 Å². The fourth-order valence-corrected chi connectivity index (χ4v) is 5.50. The molecule has 0 aromatic carbocycles. The van der Waals surface area contributed by atoms with E-state index < -0.39 is 0 Å². The number of carbonyl (C=O) groups is 3. The Morgan fingerprint density at radius 2 is 1.87 bits per heavy atom. The number of rotatable bonds is 4. The van der Waals surface area contributed by atoms with Gasteiger partial charge in [0.15, 0.2) is 0 Å². The van der Waals surface area contributed by atoms with Crippen LogP contribution in [0.5, 0.6) is 0 Å². The third-order valence-electron chi connectivity index (χ3n) is 6.28. The van der Waals surface area contributed by atoms with Gasteiger partial charge >= 0.3 is 0 Å². The molecule has 0 bridgehead atoms. The SMILES string of the molecule is Cc1cc(/C=C2\SC(=O)N(CC(=O)N3CCOCC3)C2=O)c(C)n1C1CCCCC1. The van der Waals surface area contributed by atoms with Gasteiger partial charge in [0, 0.05) is 30.5 Å². The predicted octanol–water partition coefficient (Wildman–Crippen LogP) is 3.51. The molecule has 1 aromatic rings. The van der Waals surface area contributed by atoms with Crippen LogP contribution in [0.15, 0.2) is 11.0 Å². The van der Waals surface area contributed by atoms with Crippen LogP contribution < -0.4 is 0 Å². The minimum atomic E-state index is -0.381. The summed E-state index contributed by atoms with van der Waals surface area (Å²) in [6, 6.07) is 2.61. The molecule has 7 nitrogen and oxygen atoms in total. The molecule has 8 heteroatoms. The maximum absolute atomic E-state index is 12.9. The molecule has 1 aliphatic carbocycles. The molecule has 3 aliphatic rings. The second kappa shape index (κ2) is 8.98. The van der Waals surface area contributed by atoms with Crippen molar-refractivity contribution in [3.05, 3.63) is 27.9 Å². The smallest absolute Gasteiger partial charge is 0.294 e. The lowest BCUT2D eigenvalue weighted by molar-refractivity contribution is -0.139. The zero-order valence-corrected chi connectivity index (χ0v) is 18.5. The van der Waals surface area contributed by atoms with Crippen LogP contribution in [0.1, 0.15) is 55.1 Å². The normalized spacial score (nSPS) is 22.4. The highest BCUT2D eigenvalue weighted by Gasteiger charge is 2.37. The first kappa shape index (κ1) is 21.2. The van der Waals surface area contributed by atoms with Gasteiger partial charge in [-0.05, 0) is 56.2 Å². The summed E-state index contributed by atoms with van der Waals surface area (Å²) in [5.41, 5.74) is 3.30. The van der Waals surface area contributed by atoms with E-state index in [0.29, 0.717) is 37.3 Å². The van der Waals surface area contributed by atoms with E-state index in [-0.39, 0.29) is 23.6 Å². The minimum absolute atomic E-state index is 0.205. The standard InChI is InChI=1S/C22H29N3O4S/c1-15-12-17(16(2)25(15)18-6-4-3-5-7-18)13-19-21(27)24(22(28)30-19)14-20(26)23-8-10-29-11-9-23/h12-13,18H,3-11,14H2,1-2H3/b19-13-. The van der Waals surface area contributed by atoms with Gasteiger partial charge in [-0.2, -0.15) is 0 Å². The Morgan fingerprint density at radius 3 is 2.57 bits per heavy atom. The van der Waals surface area contributed by atoms with Crippen LogP contribution in [0.25, 0.3) is 6.08 Å². The van der Waals surface area contributed by atoms with E-state index in [1.807, 2.05) is 6.08 Å². The fraction of sp³-hybridized carbons (Fsp3) is 0.591. The first-order chi connectivity index (χ1) is 14.5. The quantitative estimate of drug-likeness (QED) is 0.683. The maximum Gasteiger partial charge on any atom is 0.294 e. The predicted molar refractivity (Wildman–Crippen MR) is 116 cm³/mol.